The van der Waals surface area contributed by atoms with Crippen molar-refractivity contribution in [3.05, 3.63) is 48.8 Å². The number of hydrogen-bond donors (Lipinski definition) is 0. The Labute approximate surface area is 175 Å². The summed E-state index contributed by atoms with van der Waals surface area (Å²) in [5, 5.41) is 0. The number of hydrogen-bond acceptors (Lipinski definition) is 5. The number of nitrogens with zero attached hydrogens (tertiary/aromatic N) is 2. The van der Waals surface area contributed by atoms with Gasteiger partial charge in [0.15, 0.2) is 11.6 Å². The zero-order valence-corrected chi connectivity index (χ0v) is 17.8. The van der Waals surface area contributed by atoms with E-state index in [1.165, 1.54) is 6.42 Å². The fraction of sp³-hybridized carbons (Fsp3) is 0.500. The summed E-state index contributed by atoms with van der Waals surface area (Å²) in [6, 6.07) is 7.83. The maximum Gasteiger partial charge on any atom is 0.159 e. The minimum Gasteiger partial charge on any atom is -0.490 e. The molecular formula is C24H34N2O3. The topological polar surface area (TPSA) is 53.5 Å². The van der Waals surface area contributed by atoms with E-state index in [0.717, 1.165) is 56.6 Å². The molecule has 0 N–H and O–H groups in total. The molecule has 0 aliphatic heterocycles. The van der Waals surface area contributed by atoms with Crippen LogP contribution in [0, 0.1) is 0 Å². The van der Waals surface area contributed by atoms with Crippen molar-refractivity contribution in [3.63, 3.8) is 0 Å². The Bertz CT molecular complexity index is 684. The number of benzene rings is 1. The van der Waals surface area contributed by atoms with E-state index < -0.39 is 0 Å². The lowest BCUT2D eigenvalue weighted by Crippen LogP contribution is -2.02. The van der Waals surface area contributed by atoms with Crippen molar-refractivity contribution in [2.75, 3.05) is 26.4 Å². The highest BCUT2D eigenvalue weighted by Crippen LogP contribution is 2.20. The average Bonchev–Trinajstić information content (AvgIpc) is 2.76. The van der Waals surface area contributed by atoms with Crippen molar-refractivity contribution in [2.45, 2.75) is 52.4 Å². The van der Waals surface area contributed by atoms with Gasteiger partial charge in [0.25, 0.3) is 0 Å². The first-order valence-electron chi connectivity index (χ1n) is 10.7. The molecule has 0 bridgehead atoms. The molecule has 2 aromatic rings. The van der Waals surface area contributed by atoms with E-state index in [9.17, 15) is 0 Å². The third kappa shape index (κ3) is 9.57. The summed E-state index contributed by atoms with van der Waals surface area (Å²) in [7, 11) is 0. The molecule has 5 nitrogen and oxygen atoms in total. The van der Waals surface area contributed by atoms with E-state index in [1.54, 1.807) is 12.4 Å². The minimum absolute atomic E-state index is 0.590. The fourth-order valence-corrected chi connectivity index (χ4v) is 2.58. The molecule has 0 radical (unpaired) electrons. The van der Waals surface area contributed by atoms with Gasteiger partial charge in [-0.2, -0.15) is 0 Å². The fourth-order valence-electron chi connectivity index (χ4n) is 2.58. The molecule has 158 valence electrons. The summed E-state index contributed by atoms with van der Waals surface area (Å²) in [4.78, 5) is 8.82. The Balaban J connectivity index is 1.69. The third-order valence-electron chi connectivity index (χ3n) is 4.30. The van der Waals surface area contributed by atoms with Crippen molar-refractivity contribution < 1.29 is 14.2 Å². The molecular weight excluding hydrogens is 364 g/mol. The largest absolute Gasteiger partial charge is 0.490 e. The molecule has 0 saturated carbocycles. The third-order valence-corrected chi connectivity index (χ3v) is 4.30. The van der Waals surface area contributed by atoms with Gasteiger partial charge in [-0.3, -0.25) is 0 Å². The minimum atomic E-state index is 0.590. The Kier molecular flexibility index (Phi) is 11.5. The summed E-state index contributed by atoms with van der Waals surface area (Å²) < 4.78 is 17.0. The van der Waals surface area contributed by atoms with Gasteiger partial charge >= 0.3 is 0 Å². The molecule has 5 heteroatoms. The number of allylic oxidation sites excluding steroid dienone is 1. The Morgan fingerprint density at radius 1 is 0.759 bits per heavy atom. The van der Waals surface area contributed by atoms with Crippen LogP contribution >= 0.6 is 0 Å². The maximum absolute atomic E-state index is 5.71. The number of ether oxygens (including phenoxy) is 3. The van der Waals surface area contributed by atoms with Crippen molar-refractivity contribution in [2.24, 2.45) is 0 Å². The monoisotopic (exact) mass is 398 g/mol. The molecule has 1 aromatic carbocycles. The van der Waals surface area contributed by atoms with E-state index in [0.29, 0.717) is 24.8 Å². The first kappa shape index (κ1) is 22.9. The van der Waals surface area contributed by atoms with E-state index in [1.807, 2.05) is 24.3 Å². The van der Waals surface area contributed by atoms with E-state index >= 15 is 0 Å². The van der Waals surface area contributed by atoms with Gasteiger partial charge in [0.2, 0.25) is 0 Å². The van der Waals surface area contributed by atoms with Crippen molar-refractivity contribution in [1.82, 2.24) is 9.97 Å². The van der Waals surface area contributed by atoms with Crippen molar-refractivity contribution in [1.29, 1.82) is 0 Å². The van der Waals surface area contributed by atoms with Gasteiger partial charge in [0, 0.05) is 18.8 Å². The standard InChI is InChI=1S/C24H34N2O3/c1-3-5-7-8-17-28-22-13-11-21(12-14-22)24-25-19-23(20-26-24)29-18-10-9-16-27-15-6-4-2/h7-8,11-14,19-20H,3-6,9-10,15-18H2,1-2H3. The van der Waals surface area contributed by atoms with Crippen LogP contribution in [0.2, 0.25) is 0 Å². The molecule has 2 rings (SSSR count). The van der Waals surface area contributed by atoms with Crippen LogP contribution < -0.4 is 9.47 Å². The molecule has 0 aliphatic rings. The number of rotatable bonds is 15. The highest BCUT2D eigenvalue weighted by atomic mass is 16.5. The molecule has 0 saturated heterocycles. The summed E-state index contributed by atoms with van der Waals surface area (Å²) in [6.07, 6.45) is 14.2. The van der Waals surface area contributed by atoms with Gasteiger partial charge < -0.3 is 14.2 Å². The maximum atomic E-state index is 5.71. The van der Waals surface area contributed by atoms with Gasteiger partial charge in [-0.1, -0.05) is 38.8 Å². The van der Waals surface area contributed by atoms with E-state index in [-0.39, 0.29) is 0 Å². The van der Waals surface area contributed by atoms with Crippen molar-refractivity contribution >= 4 is 0 Å². The van der Waals surface area contributed by atoms with Crippen LogP contribution in [0.15, 0.2) is 48.8 Å². The summed E-state index contributed by atoms with van der Waals surface area (Å²) in [6.45, 7) is 7.23. The molecule has 0 fully saturated rings. The number of aromatic nitrogens is 2. The summed E-state index contributed by atoms with van der Waals surface area (Å²) >= 11 is 0. The normalized spacial score (nSPS) is 11.1. The van der Waals surface area contributed by atoms with Crippen LogP contribution in [0.3, 0.4) is 0 Å². The van der Waals surface area contributed by atoms with Gasteiger partial charge in [-0.25, -0.2) is 9.97 Å². The molecule has 0 amide bonds. The molecule has 29 heavy (non-hydrogen) atoms. The second-order valence-corrected chi connectivity index (χ2v) is 6.86. The average molecular weight is 399 g/mol. The molecule has 1 aromatic heterocycles. The van der Waals surface area contributed by atoms with Crippen LogP contribution in [-0.4, -0.2) is 36.4 Å². The number of unbranched alkanes of at least 4 members (excludes halogenated alkanes) is 3. The van der Waals surface area contributed by atoms with E-state index in [4.69, 9.17) is 14.2 Å². The van der Waals surface area contributed by atoms with Crippen molar-refractivity contribution in [3.8, 4) is 22.9 Å². The molecule has 0 spiro atoms. The molecule has 0 aliphatic carbocycles. The Morgan fingerprint density at radius 3 is 2.21 bits per heavy atom. The van der Waals surface area contributed by atoms with Crippen LogP contribution in [0.5, 0.6) is 11.5 Å². The van der Waals surface area contributed by atoms with Gasteiger partial charge in [-0.15, -0.1) is 0 Å². The zero-order valence-electron chi connectivity index (χ0n) is 17.8. The van der Waals surface area contributed by atoms with Gasteiger partial charge in [-0.05, 0) is 49.9 Å². The molecule has 0 unspecified atom stereocenters. The lowest BCUT2D eigenvalue weighted by atomic mass is 10.2. The summed E-state index contributed by atoms with van der Waals surface area (Å²) in [5.41, 5.74) is 0.953. The second-order valence-electron chi connectivity index (χ2n) is 6.86. The predicted molar refractivity (Wildman–Crippen MR) is 117 cm³/mol. The van der Waals surface area contributed by atoms with Crippen LogP contribution in [0.1, 0.15) is 52.4 Å². The Hall–Kier alpha value is -2.40. The van der Waals surface area contributed by atoms with Crippen LogP contribution in [0.25, 0.3) is 11.4 Å². The predicted octanol–water partition coefficient (Wildman–Crippen LogP) is 5.85. The zero-order chi connectivity index (χ0) is 20.6. The molecule has 1 heterocycles. The SMILES string of the molecule is CCCC=CCOc1ccc(-c2ncc(OCCCCOCCCC)cn2)cc1. The van der Waals surface area contributed by atoms with Gasteiger partial charge in [0.1, 0.15) is 12.4 Å². The van der Waals surface area contributed by atoms with Crippen LogP contribution in [0.4, 0.5) is 0 Å². The van der Waals surface area contributed by atoms with Gasteiger partial charge in [0.05, 0.1) is 19.0 Å². The lowest BCUT2D eigenvalue weighted by Gasteiger charge is -2.07. The first-order valence-corrected chi connectivity index (χ1v) is 10.7. The first-order chi connectivity index (χ1) is 14.3. The van der Waals surface area contributed by atoms with Crippen LogP contribution in [-0.2, 0) is 4.74 Å². The summed E-state index contributed by atoms with van der Waals surface area (Å²) in [5.74, 6) is 2.21. The highest BCUT2D eigenvalue weighted by molar-refractivity contribution is 5.56. The molecule has 0 atom stereocenters. The second kappa shape index (κ2) is 14.6. The quantitative estimate of drug-likeness (QED) is 0.278. The lowest BCUT2D eigenvalue weighted by molar-refractivity contribution is 0.123. The Morgan fingerprint density at radius 2 is 1.48 bits per heavy atom. The highest BCUT2D eigenvalue weighted by Gasteiger charge is 2.03. The smallest absolute Gasteiger partial charge is 0.159 e. The van der Waals surface area contributed by atoms with E-state index in [2.05, 4.69) is 36.0 Å².